The maximum atomic E-state index is 13.0. The molecule has 12 nitrogen and oxygen atoms in total. The lowest BCUT2D eigenvalue weighted by molar-refractivity contribution is -0.384. The van der Waals surface area contributed by atoms with Gasteiger partial charge in [-0.3, -0.25) is 28.8 Å². The third-order valence-electron chi connectivity index (χ3n) is 6.62. The van der Waals surface area contributed by atoms with Crippen LogP contribution >= 0.6 is 11.3 Å². The average Bonchev–Trinajstić information content (AvgIpc) is 3.54. The van der Waals surface area contributed by atoms with Crippen molar-refractivity contribution in [2.24, 2.45) is 14.1 Å². The van der Waals surface area contributed by atoms with Gasteiger partial charge in [-0.25, -0.2) is 14.8 Å². The Bertz CT molecular complexity index is 1610. The second-order valence-electron chi connectivity index (χ2n) is 8.75. The number of nitro benzene ring substituents is 1. The van der Waals surface area contributed by atoms with E-state index in [1.54, 1.807) is 23.1 Å². The number of fused-ring (bicyclic) bond motifs is 1. The molecule has 0 bridgehead atoms. The van der Waals surface area contributed by atoms with E-state index in [4.69, 9.17) is 0 Å². The molecule has 0 atom stereocenters. The normalized spacial score (nSPS) is 14.4. The van der Waals surface area contributed by atoms with E-state index in [1.807, 2.05) is 5.38 Å². The number of hydrogen-bond donors (Lipinski definition) is 0. The average molecular weight is 510 g/mol. The molecule has 1 aliphatic heterocycles. The number of piperidine rings is 1. The predicted octanol–water partition coefficient (Wildman–Crippen LogP) is 1.87. The summed E-state index contributed by atoms with van der Waals surface area (Å²) in [7, 11) is 2.93. The van der Waals surface area contributed by atoms with Crippen LogP contribution in [0.2, 0.25) is 0 Å². The lowest BCUT2D eigenvalue weighted by atomic mass is 9.97. The van der Waals surface area contributed by atoms with Crippen LogP contribution in [0.1, 0.15) is 23.8 Å². The van der Waals surface area contributed by atoms with Crippen LogP contribution < -0.4 is 11.2 Å². The summed E-state index contributed by atoms with van der Waals surface area (Å²) in [6.45, 7) is 1.02. The van der Waals surface area contributed by atoms with E-state index in [0.29, 0.717) is 24.3 Å². The van der Waals surface area contributed by atoms with Gasteiger partial charge in [0.15, 0.2) is 11.2 Å². The Labute approximate surface area is 208 Å². The molecule has 1 aliphatic rings. The standard InChI is InChI=1S/C23H23N7O5S/c1-26-20-19(22(32)27(2)23(26)33)29(13-24-20)11-18(31)28-9-7-14(8-10-28)21-25-16(12-36-21)15-5-3-4-6-17(15)30(34)35/h3-6,12-14H,7-11H2,1-2H3. The first-order valence-corrected chi connectivity index (χ1v) is 12.2. The number of carbonyl (C=O) groups excluding carboxylic acids is 1. The maximum Gasteiger partial charge on any atom is 0.332 e. The molecule has 186 valence electrons. The molecule has 0 radical (unpaired) electrons. The molecular formula is C23H23N7O5S. The Kier molecular flexibility index (Phi) is 6.00. The summed E-state index contributed by atoms with van der Waals surface area (Å²) in [6, 6.07) is 6.55. The lowest BCUT2D eigenvalue weighted by Crippen LogP contribution is -2.40. The number of amides is 1. The fourth-order valence-electron chi connectivity index (χ4n) is 4.59. The van der Waals surface area contributed by atoms with Crippen LogP contribution in [0.4, 0.5) is 5.69 Å². The van der Waals surface area contributed by atoms with Gasteiger partial charge in [0.05, 0.1) is 27.5 Å². The second kappa shape index (κ2) is 9.15. The number of nitrogens with zero attached hydrogens (tertiary/aromatic N) is 7. The summed E-state index contributed by atoms with van der Waals surface area (Å²) in [5.74, 6) is 0.0230. The van der Waals surface area contributed by atoms with Crippen molar-refractivity contribution in [1.82, 2.24) is 28.6 Å². The third kappa shape index (κ3) is 4.00. The van der Waals surface area contributed by atoms with Gasteiger partial charge in [-0.1, -0.05) is 12.1 Å². The van der Waals surface area contributed by atoms with Crippen molar-refractivity contribution in [2.75, 3.05) is 13.1 Å². The molecule has 4 aromatic rings. The summed E-state index contributed by atoms with van der Waals surface area (Å²) in [4.78, 5) is 59.3. The number of rotatable bonds is 5. The molecule has 36 heavy (non-hydrogen) atoms. The molecular weight excluding hydrogens is 486 g/mol. The Balaban J connectivity index is 1.28. The molecule has 1 saturated heterocycles. The number of imidazole rings is 1. The van der Waals surface area contributed by atoms with Crippen molar-refractivity contribution in [3.8, 4) is 11.3 Å². The molecule has 1 amide bonds. The minimum Gasteiger partial charge on any atom is -0.341 e. The third-order valence-corrected chi connectivity index (χ3v) is 7.63. The molecule has 4 heterocycles. The largest absolute Gasteiger partial charge is 0.341 e. The van der Waals surface area contributed by atoms with Crippen LogP contribution in [-0.4, -0.2) is 52.5 Å². The molecule has 5 rings (SSSR count). The molecule has 0 unspecified atom stereocenters. The summed E-state index contributed by atoms with van der Waals surface area (Å²) in [5.41, 5.74) is 0.601. The fraction of sp³-hybridized carbons (Fsp3) is 0.348. The maximum absolute atomic E-state index is 13.0. The van der Waals surface area contributed by atoms with Crippen LogP contribution in [0.3, 0.4) is 0 Å². The second-order valence-corrected chi connectivity index (χ2v) is 9.64. The first kappa shape index (κ1) is 23.6. The highest BCUT2D eigenvalue weighted by atomic mass is 32.1. The SMILES string of the molecule is Cn1c(=O)c2c(ncn2CC(=O)N2CCC(c3nc(-c4ccccc4[N+](=O)[O-])cs3)CC2)n(C)c1=O. The molecule has 1 aromatic carbocycles. The summed E-state index contributed by atoms with van der Waals surface area (Å²) < 4.78 is 3.78. The highest BCUT2D eigenvalue weighted by Gasteiger charge is 2.27. The van der Waals surface area contributed by atoms with E-state index >= 15 is 0 Å². The molecule has 0 aliphatic carbocycles. The van der Waals surface area contributed by atoms with E-state index in [-0.39, 0.29) is 35.2 Å². The van der Waals surface area contributed by atoms with Crippen molar-refractivity contribution < 1.29 is 9.72 Å². The molecule has 0 spiro atoms. The van der Waals surface area contributed by atoms with Gasteiger partial charge >= 0.3 is 5.69 Å². The van der Waals surface area contributed by atoms with Crippen molar-refractivity contribution in [2.45, 2.75) is 25.3 Å². The first-order chi connectivity index (χ1) is 17.3. The minimum atomic E-state index is -0.490. The van der Waals surface area contributed by atoms with Gasteiger partial charge in [-0.05, 0) is 18.9 Å². The van der Waals surface area contributed by atoms with Gasteiger partial charge in [-0.15, -0.1) is 11.3 Å². The number of aromatic nitrogens is 5. The molecule has 0 saturated carbocycles. The molecule has 13 heteroatoms. The Morgan fingerprint density at radius 3 is 2.61 bits per heavy atom. The van der Waals surface area contributed by atoms with Gasteiger partial charge in [0.2, 0.25) is 5.91 Å². The number of carbonyl (C=O) groups is 1. The monoisotopic (exact) mass is 509 g/mol. The van der Waals surface area contributed by atoms with Crippen molar-refractivity contribution in [1.29, 1.82) is 0 Å². The van der Waals surface area contributed by atoms with Crippen LogP contribution in [0.15, 0.2) is 45.6 Å². The quantitative estimate of drug-likeness (QED) is 0.296. The van der Waals surface area contributed by atoms with E-state index in [9.17, 15) is 24.5 Å². The van der Waals surface area contributed by atoms with Gasteiger partial charge in [0.1, 0.15) is 6.54 Å². The minimum absolute atomic E-state index is 0.0247. The van der Waals surface area contributed by atoms with Crippen LogP contribution in [0, 0.1) is 10.1 Å². The zero-order chi connectivity index (χ0) is 25.6. The number of likely N-dealkylation sites (tertiary alicyclic amines) is 1. The topological polar surface area (TPSA) is 138 Å². The Morgan fingerprint density at radius 2 is 1.89 bits per heavy atom. The van der Waals surface area contributed by atoms with E-state index < -0.39 is 16.2 Å². The van der Waals surface area contributed by atoms with Crippen LogP contribution in [0.25, 0.3) is 22.4 Å². The van der Waals surface area contributed by atoms with Crippen LogP contribution in [0.5, 0.6) is 0 Å². The van der Waals surface area contributed by atoms with Crippen LogP contribution in [-0.2, 0) is 25.4 Å². The van der Waals surface area contributed by atoms with Gasteiger partial charge in [-0.2, -0.15) is 0 Å². The molecule has 3 aromatic heterocycles. The number of thiazole rings is 1. The smallest absolute Gasteiger partial charge is 0.332 e. The van der Waals surface area contributed by atoms with E-state index in [0.717, 1.165) is 22.4 Å². The molecule has 0 N–H and O–H groups in total. The van der Waals surface area contributed by atoms with Crippen molar-refractivity contribution in [3.63, 3.8) is 0 Å². The van der Waals surface area contributed by atoms with Gasteiger partial charge < -0.3 is 9.47 Å². The number of aryl methyl sites for hydroxylation is 1. The van der Waals surface area contributed by atoms with E-state index in [2.05, 4.69) is 9.97 Å². The van der Waals surface area contributed by atoms with E-state index in [1.165, 1.54) is 47.0 Å². The highest BCUT2D eigenvalue weighted by molar-refractivity contribution is 7.10. The first-order valence-electron chi connectivity index (χ1n) is 11.3. The van der Waals surface area contributed by atoms with Gasteiger partial charge in [0.25, 0.3) is 11.2 Å². The molecule has 1 fully saturated rings. The Morgan fingerprint density at radius 1 is 1.17 bits per heavy atom. The zero-order valence-electron chi connectivity index (χ0n) is 19.7. The summed E-state index contributed by atoms with van der Waals surface area (Å²) in [5, 5.41) is 14.1. The van der Waals surface area contributed by atoms with Gasteiger partial charge in [0, 0.05) is 44.5 Å². The summed E-state index contributed by atoms with van der Waals surface area (Å²) >= 11 is 1.48. The highest BCUT2D eigenvalue weighted by Crippen LogP contribution is 2.35. The Hall–Kier alpha value is -4.13. The fourth-order valence-corrected chi connectivity index (χ4v) is 5.58. The van der Waals surface area contributed by atoms with Crippen molar-refractivity contribution >= 4 is 34.1 Å². The number of hydrogen-bond acceptors (Lipinski definition) is 8. The van der Waals surface area contributed by atoms with Crippen molar-refractivity contribution in [3.05, 3.63) is 71.9 Å². The summed E-state index contributed by atoms with van der Waals surface area (Å²) in [6.07, 6.45) is 2.85. The predicted molar refractivity (Wildman–Crippen MR) is 133 cm³/mol. The zero-order valence-corrected chi connectivity index (χ0v) is 20.5. The number of benzene rings is 1. The number of para-hydroxylation sites is 1. The number of nitro groups is 1. The lowest BCUT2D eigenvalue weighted by Gasteiger charge is -2.31.